The maximum absolute atomic E-state index is 4.13. The molecule has 0 unspecified atom stereocenters. The molecule has 0 saturated heterocycles. The highest BCUT2D eigenvalue weighted by atomic mass is 32.1. The Morgan fingerprint density at radius 1 is 0.460 bits per heavy atom. The lowest BCUT2D eigenvalue weighted by Gasteiger charge is -2.38. The molecule has 2 aliphatic carbocycles. The molecule has 0 radical (unpaired) electrons. The molecule has 256 valence electrons. The lowest BCUT2D eigenvalue weighted by atomic mass is 10.1. The first kappa shape index (κ1) is 35.3. The third-order valence-corrected chi connectivity index (χ3v) is 27.4. The molecule has 0 saturated carbocycles. The highest BCUT2D eigenvalue weighted by Crippen LogP contribution is 2.48. The van der Waals surface area contributed by atoms with E-state index in [1.54, 1.807) is 0 Å². The molecule has 2 aromatic heterocycles. The molecule has 0 fully saturated rings. The topological polar surface area (TPSA) is 0 Å². The van der Waals surface area contributed by atoms with Gasteiger partial charge >= 0.3 is 0 Å². The van der Waals surface area contributed by atoms with E-state index >= 15 is 0 Å². The van der Waals surface area contributed by atoms with Gasteiger partial charge in [0, 0.05) is 73.8 Å². The van der Waals surface area contributed by atoms with Crippen molar-refractivity contribution in [2.24, 2.45) is 0 Å². The van der Waals surface area contributed by atoms with Crippen molar-refractivity contribution >= 4 is 70.1 Å². The van der Waals surface area contributed by atoms with Gasteiger partial charge < -0.3 is 0 Å². The minimum Gasteiger partial charge on any atom is -0.134 e. The van der Waals surface area contributed by atoms with Crippen LogP contribution in [0.5, 0.6) is 0 Å². The largest absolute Gasteiger partial charge is 0.146 e. The van der Waals surface area contributed by atoms with Crippen molar-refractivity contribution in [3.63, 3.8) is 0 Å². The molecule has 0 atom stereocenters. The normalized spacial score (nSPS) is 13.9. The molecule has 0 aliphatic heterocycles. The Labute approximate surface area is 310 Å². The summed E-state index contributed by atoms with van der Waals surface area (Å²) in [6.45, 7) is 29.0. The SMILES string of the molecule is CC(C)[Si](C#CC1=c2cc3c(cc2-c2sc4ccccc4c21)=C(C#C[Si](C(C)C)(C(C)C)C(C)C)c1c-3sc2ccccc12)(C(C)C)C(C)C. The molecule has 7 rings (SSSR count). The van der Waals surface area contributed by atoms with Gasteiger partial charge in [0.15, 0.2) is 0 Å². The van der Waals surface area contributed by atoms with Crippen LogP contribution in [-0.2, 0) is 0 Å². The minimum atomic E-state index is -1.95. The van der Waals surface area contributed by atoms with Crippen molar-refractivity contribution < 1.29 is 0 Å². The van der Waals surface area contributed by atoms with Crippen molar-refractivity contribution in [3.05, 3.63) is 82.2 Å². The van der Waals surface area contributed by atoms with Crippen molar-refractivity contribution in [1.29, 1.82) is 0 Å². The summed E-state index contributed by atoms with van der Waals surface area (Å²) >= 11 is 3.87. The monoisotopic (exact) mass is 724 g/mol. The highest BCUT2D eigenvalue weighted by molar-refractivity contribution is 7.23. The maximum atomic E-state index is 4.13. The van der Waals surface area contributed by atoms with Gasteiger partial charge in [0.2, 0.25) is 0 Å². The fourth-order valence-electron chi connectivity index (χ4n) is 10.1. The van der Waals surface area contributed by atoms with E-state index in [9.17, 15) is 0 Å². The molecule has 4 heteroatoms. The average molecular weight is 725 g/mol. The number of thiophene rings is 2. The lowest BCUT2D eigenvalue weighted by Crippen LogP contribution is -2.43. The summed E-state index contributed by atoms with van der Waals surface area (Å²) in [6.07, 6.45) is 0. The van der Waals surface area contributed by atoms with Gasteiger partial charge in [-0.2, -0.15) is 0 Å². The van der Waals surface area contributed by atoms with E-state index in [4.69, 9.17) is 0 Å². The number of hydrogen-bond donors (Lipinski definition) is 0. The molecule has 0 nitrogen and oxygen atoms in total. The lowest BCUT2D eigenvalue weighted by molar-refractivity contribution is 0.838. The molecular formula is C46H52S2Si2. The summed E-state index contributed by atoms with van der Waals surface area (Å²) in [5, 5.41) is 5.31. The van der Waals surface area contributed by atoms with Gasteiger partial charge in [-0.1, -0.05) is 131 Å². The van der Waals surface area contributed by atoms with Gasteiger partial charge in [-0.05, 0) is 57.5 Å². The first-order chi connectivity index (χ1) is 23.7. The van der Waals surface area contributed by atoms with E-state index < -0.39 is 16.1 Å². The van der Waals surface area contributed by atoms with Crippen molar-refractivity contribution in [2.75, 3.05) is 0 Å². The second-order valence-corrected chi connectivity index (χ2v) is 29.9. The first-order valence-electron chi connectivity index (χ1n) is 18.8. The fourth-order valence-corrected chi connectivity index (χ4v) is 23.0. The summed E-state index contributed by atoms with van der Waals surface area (Å²) in [7, 11) is -3.90. The van der Waals surface area contributed by atoms with Crippen LogP contribution in [0.15, 0.2) is 60.7 Å². The molecule has 2 heterocycles. The second kappa shape index (κ2) is 12.8. The zero-order valence-electron chi connectivity index (χ0n) is 32.1. The Hall–Kier alpha value is -3.13. The van der Waals surface area contributed by atoms with E-state index in [2.05, 4.69) is 167 Å². The van der Waals surface area contributed by atoms with Gasteiger partial charge in [0.25, 0.3) is 0 Å². The fraction of sp³-hybridized carbons (Fsp3) is 0.391. The maximum Gasteiger partial charge on any atom is 0.146 e. The molecule has 0 N–H and O–H groups in total. The second-order valence-electron chi connectivity index (χ2n) is 16.6. The van der Waals surface area contributed by atoms with Crippen LogP contribution < -0.4 is 10.4 Å². The number of benzene rings is 3. The smallest absolute Gasteiger partial charge is 0.134 e. The van der Waals surface area contributed by atoms with E-state index in [0.29, 0.717) is 33.2 Å². The molecule has 0 spiro atoms. The van der Waals surface area contributed by atoms with Gasteiger partial charge in [-0.15, -0.1) is 33.8 Å². The van der Waals surface area contributed by atoms with Gasteiger partial charge in [0.1, 0.15) is 16.1 Å². The Morgan fingerprint density at radius 3 is 1.10 bits per heavy atom. The Morgan fingerprint density at radius 2 is 0.780 bits per heavy atom. The van der Waals surface area contributed by atoms with E-state index in [1.807, 2.05) is 22.7 Å². The molecule has 3 aromatic carbocycles. The van der Waals surface area contributed by atoms with Crippen LogP contribution in [0.3, 0.4) is 0 Å². The van der Waals surface area contributed by atoms with Crippen LogP contribution in [0.2, 0.25) is 33.2 Å². The number of fused-ring (bicyclic) bond motifs is 10. The molecule has 2 aliphatic rings. The molecular weight excluding hydrogens is 673 g/mol. The predicted octanol–water partition coefficient (Wildman–Crippen LogP) is 12.9. The quantitative estimate of drug-likeness (QED) is 0.121. The van der Waals surface area contributed by atoms with Crippen LogP contribution >= 0.6 is 22.7 Å². The number of hydrogen-bond acceptors (Lipinski definition) is 2. The Bertz CT molecular complexity index is 2210. The van der Waals surface area contributed by atoms with Crippen LogP contribution in [0, 0.1) is 22.9 Å². The van der Waals surface area contributed by atoms with Crippen molar-refractivity contribution in [2.45, 2.75) is 116 Å². The van der Waals surface area contributed by atoms with Crippen LogP contribution in [0.4, 0.5) is 0 Å². The minimum absolute atomic E-state index is 0.588. The summed E-state index contributed by atoms with van der Waals surface area (Å²) in [6, 6.07) is 23.0. The third-order valence-electron chi connectivity index (χ3n) is 12.4. The van der Waals surface area contributed by atoms with Gasteiger partial charge in [-0.25, -0.2) is 0 Å². The molecule has 0 bridgehead atoms. The third kappa shape index (κ3) is 5.04. The zero-order chi connectivity index (χ0) is 35.9. The molecule has 5 aromatic rings. The first-order valence-corrected chi connectivity index (χ1v) is 24.9. The van der Waals surface area contributed by atoms with Gasteiger partial charge in [0.05, 0.1) is 0 Å². The summed E-state index contributed by atoms with van der Waals surface area (Å²) < 4.78 is 2.69. The van der Waals surface area contributed by atoms with E-state index in [-0.39, 0.29) is 0 Å². The highest BCUT2D eigenvalue weighted by Gasteiger charge is 2.43. The molecule has 50 heavy (non-hydrogen) atoms. The average Bonchev–Trinajstić information content (AvgIpc) is 3.77. The van der Waals surface area contributed by atoms with Gasteiger partial charge in [-0.3, -0.25) is 0 Å². The summed E-state index contributed by atoms with van der Waals surface area (Å²) in [5.41, 5.74) is 19.7. The van der Waals surface area contributed by atoms with Crippen molar-refractivity contribution in [1.82, 2.24) is 0 Å². The van der Waals surface area contributed by atoms with E-state index in [0.717, 1.165) is 0 Å². The van der Waals surface area contributed by atoms with Crippen LogP contribution in [0.1, 0.15) is 94.2 Å². The Kier molecular flexibility index (Phi) is 9.05. The van der Waals surface area contributed by atoms with Crippen LogP contribution in [-0.4, -0.2) is 16.1 Å². The summed E-state index contributed by atoms with van der Waals surface area (Å²) in [5.74, 6) is 8.00. The summed E-state index contributed by atoms with van der Waals surface area (Å²) in [4.78, 5) is 2.75. The van der Waals surface area contributed by atoms with Crippen LogP contribution in [0.25, 0.3) is 52.2 Å². The zero-order valence-corrected chi connectivity index (χ0v) is 35.7. The predicted molar refractivity (Wildman–Crippen MR) is 230 cm³/mol. The molecule has 0 amide bonds. The number of rotatable bonds is 6. The standard InChI is InChI=1S/C46H52S2Si2/c1-27(2)49(28(3)4,29(5)6)23-21-33-37-25-40-38(26-39(37)45-43(33)35-17-13-15-19-41(35)47-45)34(22-24-50(30(7)8,31(9)10)32(11)12)44-36-18-14-16-20-42(36)48-46(40)44/h13-20,25-32H,1-12H3. The Balaban J connectivity index is 1.60. The van der Waals surface area contributed by atoms with Crippen molar-refractivity contribution in [3.8, 4) is 43.8 Å². The van der Waals surface area contributed by atoms with E-state index in [1.165, 1.54) is 73.8 Å².